The molecular formula is C18H15FN2O2. The fourth-order valence-electron chi connectivity index (χ4n) is 2.37. The molecule has 0 unspecified atom stereocenters. The van der Waals surface area contributed by atoms with Crippen LogP contribution in [0.15, 0.2) is 60.9 Å². The SMILES string of the molecule is O=C(Nc1cccc(CO)c1)c1c[nH]cc1-c1ccc(F)cc1. The molecule has 0 aliphatic rings. The van der Waals surface area contributed by atoms with Gasteiger partial charge in [0.25, 0.3) is 5.91 Å². The number of carbonyl (C=O) groups excluding carboxylic acids is 1. The number of amides is 1. The molecule has 0 atom stereocenters. The topological polar surface area (TPSA) is 65.1 Å². The summed E-state index contributed by atoms with van der Waals surface area (Å²) in [5.74, 6) is -0.600. The highest BCUT2D eigenvalue weighted by molar-refractivity contribution is 6.08. The van der Waals surface area contributed by atoms with Crippen molar-refractivity contribution in [3.8, 4) is 11.1 Å². The van der Waals surface area contributed by atoms with Crippen molar-refractivity contribution in [2.45, 2.75) is 6.61 Å². The Bertz CT molecular complexity index is 825. The van der Waals surface area contributed by atoms with Crippen molar-refractivity contribution in [3.05, 3.63) is 77.9 Å². The minimum absolute atomic E-state index is 0.0886. The van der Waals surface area contributed by atoms with Crippen molar-refractivity contribution in [2.75, 3.05) is 5.32 Å². The second-order valence-corrected chi connectivity index (χ2v) is 5.10. The lowest BCUT2D eigenvalue weighted by molar-refractivity contribution is 0.102. The van der Waals surface area contributed by atoms with Crippen LogP contribution in [0.5, 0.6) is 0 Å². The Morgan fingerprint density at radius 2 is 1.91 bits per heavy atom. The van der Waals surface area contributed by atoms with Crippen LogP contribution in [0.2, 0.25) is 0 Å². The molecule has 0 bridgehead atoms. The number of benzene rings is 2. The van der Waals surface area contributed by atoms with E-state index in [0.717, 1.165) is 11.1 Å². The van der Waals surface area contributed by atoms with E-state index in [4.69, 9.17) is 5.11 Å². The average Bonchev–Trinajstić information content (AvgIpc) is 3.05. The van der Waals surface area contributed by atoms with E-state index in [-0.39, 0.29) is 18.3 Å². The molecule has 0 aliphatic carbocycles. The van der Waals surface area contributed by atoms with E-state index in [9.17, 15) is 9.18 Å². The van der Waals surface area contributed by atoms with E-state index in [1.165, 1.54) is 12.1 Å². The Morgan fingerprint density at radius 1 is 1.13 bits per heavy atom. The molecule has 3 N–H and O–H groups in total. The predicted molar refractivity (Wildman–Crippen MR) is 86.5 cm³/mol. The Kier molecular flexibility index (Phi) is 4.21. The van der Waals surface area contributed by atoms with Crippen molar-refractivity contribution >= 4 is 11.6 Å². The van der Waals surface area contributed by atoms with E-state index in [2.05, 4.69) is 10.3 Å². The molecule has 2 aromatic carbocycles. The number of aromatic amines is 1. The Hall–Kier alpha value is -2.92. The molecular weight excluding hydrogens is 295 g/mol. The molecule has 0 aliphatic heterocycles. The van der Waals surface area contributed by atoms with Crippen LogP contribution in [0.25, 0.3) is 11.1 Å². The van der Waals surface area contributed by atoms with Crippen LogP contribution in [0.3, 0.4) is 0 Å². The fourth-order valence-corrected chi connectivity index (χ4v) is 2.37. The van der Waals surface area contributed by atoms with Gasteiger partial charge in [-0.3, -0.25) is 4.79 Å². The second kappa shape index (κ2) is 6.46. The third kappa shape index (κ3) is 3.30. The number of hydrogen-bond donors (Lipinski definition) is 3. The standard InChI is InChI=1S/C18H15FN2O2/c19-14-6-4-13(5-7-14)16-9-20-10-17(16)18(23)21-15-3-1-2-12(8-15)11-22/h1-10,20,22H,11H2,(H,21,23). The number of carbonyl (C=O) groups is 1. The van der Waals surface area contributed by atoms with Crippen LogP contribution >= 0.6 is 0 Å². The van der Waals surface area contributed by atoms with Crippen molar-refractivity contribution in [3.63, 3.8) is 0 Å². The van der Waals surface area contributed by atoms with Gasteiger partial charge in [-0.25, -0.2) is 4.39 Å². The Morgan fingerprint density at radius 3 is 2.65 bits per heavy atom. The summed E-state index contributed by atoms with van der Waals surface area (Å²) >= 11 is 0. The van der Waals surface area contributed by atoms with Gasteiger partial charge in [-0.2, -0.15) is 0 Å². The van der Waals surface area contributed by atoms with Crippen LogP contribution in [0.1, 0.15) is 15.9 Å². The van der Waals surface area contributed by atoms with Crippen molar-refractivity contribution in [1.29, 1.82) is 0 Å². The van der Waals surface area contributed by atoms with Gasteiger partial charge in [0.2, 0.25) is 0 Å². The minimum atomic E-state index is -0.323. The van der Waals surface area contributed by atoms with E-state index in [0.29, 0.717) is 16.8 Å². The van der Waals surface area contributed by atoms with Gasteiger partial charge < -0.3 is 15.4 Å². The lowest BCUT2D eigenvalue weighted by Gasteiger charge is -2.07. The van der Waals surface area contributed by atoms with Gasteiger partial charge in [0, 0.05) is 23.6 Å². The van der Waals surface area contributed by atoms with Crippen molar-refractivity contribution < 1.29 is 14.3 Å². The van der Waals surface area contributed by atoms with Crippen LogP contribution in [0.4, 0.5) is 10.1 Å². The normalized spacial score (nSPS) is 10.5. The molecule has 3 rings (SSSR count). The largest absolute Gasteiger partial charge is 0.392 e. The molecule has 0 spiro atoms. The van der Waals surface area contributed by atoms with Crippen molar-refractivity contribution in [1.82, 2.24) is 4.98 Å². The van der Waals surface area contributed by atoms with E-state index < -0.39 is 0 Å². The number of aliphatic hydroxyl groups is 1. The number of halogens is 1. The highest BCUT2D eigenvalue weighted by Crippen LogP contribution is 2.24. The number of rotatable bonds is 4. The summed E-state index contributed by atoms with van der Waals surface area (Å²) in [5.41, 5.74) is 3.23. The molecule has 0 fully saturated rings. The lowest BCUT2D eigenvalue weighted by atomic mass is 10.0. The molecule has 23 heavy (non-hydrogen) atoms. The van der Waals surface area contributed by atoms with Crippen LogP contribution in [-0.2, 0) is 6.61 Å². The molecule has 4 nitrogen and oxygen atoms in total. The third-order valence-corrected chi connectivity index (χ3v) is 3.51. The molecule has 1 aromatic heterocycles. The van der Waals surface area contributed by atoms with Gasteiger partial charge >= 0.3 is 0 Å². The summed E-state index contributed by atoms with van der Waals surface area (Å²) in [4.78, 5) is 15.4. The molecule has 0 saturated carbocycles. The van der Waals surface area contributed by atoms with Gasteiger partial charge in [0.05, 0.1) is 12.2 Å². The van der Waals surface area contributed by atoms with Gasteiger partial charge in [-0.05, 0) is 35.4 Å². The maximum atomic E-state index is 13.0. The molecule has 0 saturated heterocycles. The Labute approximate surface area is 132 Å². The Balaban J connectivity index is 1.86. The summed E-state index contributed by atoms with van der Waals surface area (Å²) < 4.78 is 13.0. The zero-order valence-corrected chi connectivity index (χ0v) is 12.2. The lowest BCUT2D eigenvalue weighted by Crippen LogP contribution is -2.12. The summed E-state index contributed by atoms with van der Waals surface area (Å²) in [7, 11) is 0. The first kappa shape index (κ1) is 15.0. The summed E-state index contributed by atoms with van der Waals surface area (Å²) in [5, 5.41) is 11.9. The quantitative estimate of drug-likeness (QED) is 0.690. The van der Waals surface area contributed by atoms with Gasteiger partial charge in [-0.15, -0.1) is 0 Å². The molecule has 1 heterocycles. The molecule has 116 valence electrons. The zero-order chi connectivity index (χ0) is 16.2. The first-order valence-electron chi connectivity index (χ1n) is 7.11. The zero-order valence-electron chi connectivity index (χ0n) is 12.2. The van der Waals surface area contributed by atoms with Crippen molar-refractivity contribution in [2.24, 2.45) is 0 Å². The first-order valence-corrected chi connectivity index (χ1v) is 7.11. The number of hydrogen-bond acceptors (Lipinski definition) is 2. The summed E-state index contributed by atoms with van der Waals surface area (Å²) in [6.45, 7) is -0.0886. The number of H-pyrrole nitrogens is 1. The highest BCUT2D eigenvalue weighted by atomic mass is 19.1. The molecule has 1 amide bonds. The smallest absolute Gasteiger partial charge is 0.257 e. The highest BCUT2D eigenvalue weighted by Gasteiger charge is 2.14. The average molecular weight is 310 g/mol. The van der Waals surface area contributed by atoms with E-state index >= 15 is 0 Å². The molecule has 5 heteroatoms. The molecule has 0 radical (unpaired) electrons. The van der Waals surface area contributed by atoms with E-state index in [1.54, 1.807) is 48.8 Å². The van der Waals surface area contributed by atoms with Crippen LogP contribution < -0.4 is 5.32 Å². The summed E-state index contributed by atoms with van der Waals surface area (Å²) in [6.07, 6.45) is 3.30. The second-order valence-electron chi connectivity index (χ2n) is 5.10. The number of anilines is 1. The first-order chi connectivity index (χ1) is 11.2. The molecule has 3 aromatic rings. The van der Waals surface area contributed by atoms with Gasteiger partial charge in [-0.1, -0.05) is 24.3 Å². The maximum Gasteiger partial charge on any atom is 0.257 e. The minimum Gasteiger partial charge on any atom is -0.392 e. The number of nitrogens with one attached hydrogen (secondary N) is 2. The van der Waals surface area contributed by atoms with Crippen LogP contribution in [0, 0.1) is 5.82 Å². The number of aromatic nitrogens is 1. The van der Waals surface area contributed by atoms with Crippen LogP contribution in [-0.4, -0.2) is 16.0 Å². The van der Waals surface area contributed by atoms with E-state index in [1.807, 2.05) is 0 Å². The predicted octanol–water partition coefficient (Wildman–Crippen LogP) is 3.57. The third-order valence-electron chi connectivity index (χ3n) is 3.51. The maximum absolute atomic E-state index is 13.0. The van der Waals surface area contributed by atoms with Gasteiger partial charge in [0.1, 0.15) is 5.82 Å². The monoisotopic (exact) mass is 310 g/mol. The number of aliphatic hydroxyl groups excluding tert-OH is 1. The summed E-state index contributed by atoms with van der Waals surface area (Å²) in [6, 6.07) is 13.0. The van der Waals surface area contributed by atoms with Gasteiger partial charge in [0.15, 0.2) is 0 Å². The fraction of sp³-hybridized carbons (Fsp3) is 0.0556.